The topological polar surface area (TPSA) is 21.3 Å². The van der Waals surface area contributed by atoms with Gasteiger partial charge in [0.1, 0.15) is 0 Å². The maximum absolute atomic E-state index is 6.11. The van der Waals surface area contributed by atoms with E-state index in [4.69, 9.17) is 4.74 Å². The monoisotopic (exact) mass is 259 g/mol. The molecule has 0 amide bonds. The largest absolute Gasteiger partial charge is 0.382 e. The number of anilines is 1. The van der Waals surface area contributed by atoms with E-state index in [1.54, 1.807) is 0 Å². The third-order valence-corrected chi connectivity index (χ3v) is 4.97. The van der Waals surface area contributed by atoms with Gasteiger partial charge in [-0.15, -0.1) is 0 Å². The highest BCUT2D eigenvalue weighted by molar-refractivity contribution is 5.54. The van der Waals surface area contributed by atoms with Crippen molar-refractivity contribution in [2.45, 2.75) is 64.0 Å². The van der Waals surface area contributed by atoms with E-state index < -0.39 is 0 Å². The summed E-state index contributed by atoms with van der Waals surface area (Å²) in [6, 6.07) is 7.12. The smallest absolute Gasteiger partial charge is 0.0702 e. The van der Waals surface area contributed by atoms with Crippen molar-refractivity contribution < 1.29 is 4.74 Å². The van der Waals surface area contributed by atoms with Gasteiger partial charge >= 0.3 is 0 Å². The van der Waals surface area contributed by atoms with Crippen LogP contribution in [0.5, 0.6) is 0 Å². The SMILES string of the molecule is Cc1cccc(NC2CCOC3(CCCC3)C2)c1C. The van der Waals surface area contributed by atoms with Gasteiger partial charge in [-0.3, -0.25) is 0 Å². The molecule has 3 rings (SSSR count). The van der Waals surface area contributed by atoms with Gasteiger partial charge in [-0.25, -0.2) is 0 Å². The molecule has 1 N–H and O–H groups in total. The number of ether oxygens (including phenoxy) is 1. The minimum Gasteiger partial charge on any atom is -0.382 e. The van der Waals surface area contributed by atoms with E-state index in [1.807, 2.05) is 0 Å². The van der Waals surface area contributed by atoms with E-state index in [-0.39, 0.29) is 5.60 Å². The standard InChI is InChI=1S/C17H25NO/c1-13-6-5-7-16(14(13)2)18-15-8-11-19-17(12-15)9-3-4-10-17/h5-7,15,18H,3-4,8-12H2,1-2H3. The molecule has 2 heteroatoms. The van der Waals surface area contributed by atoms with E-state index in [0.29, 0.717) is 6.04 Å². The highest BCUT2D eigenvalue weighted by Crippen LogP contribution is 2.40. The van der Waals surface area contributed by atoms with Gasteiger partial charge in [0.25, 0.3) is 0 Å². The van der Waals surface area contributed by atoms with Crippen LogP contribution >= 0.6 is 0 Å². The van der Waals surface area contributed by atoms with Gasteiger partial charge in [0.15, 0.2) is 0 Å². The second-order valence-electron chi connectivity index (χ2n) is 6.32. The van der Waals surface area contributed by atoms with Gasteiger partial charge in [0.2, 0.25) is 0 Å². The van der Waals surface area contributed by atoms with Crippen LogP contribution in [-0.2, 0) is 4.74 Å². The van der Waals surface area contributed by atoms with Gasteiger partial charge in [-0.2, -0.15) is 0 Å². The Kier molecular flexibility index (Phi) is 3.53. The summed E-state index contributed by atoms with van der Waals surface area (Å²) in [4.78, 5) is 0. The van der Waals surface area contributed by atoms with Crippen LogP contribution in [0.2, 0.25) is 0 Å². The Morgan fingerprint density at radius 1 is 1.21 bits per heavy atom. The van der Waals surface area contributed by atoms with Crippen molar-refractivity contribution in [3.05, 3.63) is 29.3 Å². The fourth-order valence-electron chi connectivity index (χ4n) is 3.65. The summed E-state index contributed by atoms with van der Waals surface area (Å²) in [5, 5.41) is 3.76. The Hall–Kier alpha value is -1.02. The first-order chi connectivity index (χ1) is 9.19. The Morgan fingerprint density at radius 2 is 2.00 bits per heavy atom. The molecule has 104 valence electrons. The molecule has 2 nitrogen and oxygen atoms in total. The lowest BCUT2D eigenvalue weighted by Crippen LogP contribution is -2.42. The van der Waals surface area contributed by atoms with Gasteiger partial charge in [-0.05, 0) is 56.7 Å². The van der Waals surface area contributed by atoms with Crippen molar-refractivity contribution in [1.29, 1.82) is 0 Å². The van der Waals surface area contributed by atoms with Crippen LogP contribution in [0.25, 0.3) is 0 Å². The molecular weight excluding hydrogens is 234 g/mol. The Labute approximate surface area is 116 Å². The van der Waals surface area contributed by atoms with Crippen LogP contribution < -0.4 is 5.32 Å². The molecule has 2 aliphatic rings. The number of nitrogens with one attached hydrogen (secondary N) is 1. The van der Waals surface area contributed by atoms with Crippen molar-refractivity contribution >= 4 is 5.69 Å². The maximum atomic E-state index is 6.11. The average Bonchev–Trinajstić information content (AvgIpc) is 2.83. The van der Waals surface area contributed by atoms with Gasteiger partial charge in [0, 0.05) is 18.3 Å². The number of hydrogen-bond donors (Lipinski definition) is 1. The summed E-state index contributed by atoms with van der Waals surface area (Å²) in [5.41, 5.74) is 4.26. The van der Waals surface area contributed by atoms with Crippen molar-refractivity contribution in [2.24, 2.45) is 0 Å². The van der Waals surface area contributed by atoms with Crippen LogP contribution in [0.1, 0.15) is 49.7 Å². The molecule has 1 atom stereocenters. The number of hydrogen-bond acceptors (Lipinski definition) is 2. The van der Waals surface area contributed by atoms with Crippen molar-refractivity contribution in [3.63, 3.8) is 0 Å². The molecule has 0 aromatic heterocycles. The van der Waals surface area contributed by atoms with Gasteiger partial charge < -0.3 is 10.1 Å². The normalized spacial score (nSPS) is 25.7. The second kappa shape index (κ2) is 5.16. The number of benzene rings is 1. The summed E-state index contributed by atoms with van der Waals surface area (Å²) in [6.07, 6.45) is 7.53. The molecular formula is C17H25NO. The first-order valence-corrected chi connectivity index (χ1v) is 7.65. The zero-order valence-electron chi connectivity index (χ0n) is 12.2. The Balaban J connectivity index is 1.71. The van der Waals surface area contributed by atoms with E-state index in [2.05, 4.69) is 37.4 Å². The molecule has 1 aromatic carbocycles. The number of aryl methyl sites for hydroxylation is 1. The lowest BCUT2D eigenvalue weighted by molar-refractivity contribution is -0.0767. The Bertz CT molecular complexity index is 449. The first kappa shape index (κ1) is 13.0. The summed E-state index contributed by atoms with van der Waals surface area (Å²) >= 11 is 0. The van der Waals surface area contributed by atoms with Crippen LogP contribution in [-0.4, -0.2) is 18.2 Å². The van der Waals surface area contributed by atoms with Crippen molar-refractivity contribution in [3.8, 4) is 0 Å². The molecule has 1 saturated carbocycles. The third kappa shape index (κ3) is 2.64. The molecule has 1 heterocycles. The van der Waals surface area contributed by atoms with E-state index in [1.165, 1.54) is 48.9 Å². The highest BCUT2D eigenvalue weighted by atomic mass is 16.5. The molecule has 2 fully saturated rings. The van der Waals surface area contributed by atoms with Crippen molar-refractivity contribution in [2.75, 3.05) is 11.9 Å². The fourth-order valence-corrected chi connectivity index (χ4v) is 3.65. The molecule has 1 aliphatic carbocycles. The molecule has 0 bridgehead atoms. The van der Waals surface area contributed by atoms with Crippen molar-refractivity contribution in [1.82, 2.24) is 0 Å². The minimum atomic E-state index is 0.202. The lowest BCUT2D eigenvalue weighted by atomic mass is 9.88. The van der Waals surface area contributed by atoms with Crippen LogP contribution in [0.4, 0.5) is 5.69 Å². The fraction of sp³-hybridized carbons (Fsp3) is 0.647. The van der Waals surface area contributed by atoms with Gasteiger partial charge in [-0.1, -0.05) is 25.0 Å². The summed E-state index contributed by atoms with van der Waals surface area (Å²) < 4.78 is 6.11. The van der Waals surface area contributed by atoms with E-state index in [0.717, 1.165) is 13.0 Å². The predicted molar refractivity (Wildman–Crippen MR) is 79.7 cm³/mol. The quantitative estimate of drug-likeness (QED) is 0.859. The average molecular weight is 259 g/mol. The molecule has 19 heavy (non-hydrogen) atoms. The van der Waals surface area contributed by atoms with Crippen LogP contribution in [0.15, 0.2) is 18.2 Å². The summed E-state index contributed by atoms with van der Waals surface area (Å²) in [7, 11) is 0. The molecule has 0 radical (unpaired) electrons. The van der Waals surface area contributed by atoms with Gasteiger partial charge in [0.05, 0.1) is 5.60 Å². The summed E-state index contributed by atoms with van der Waals surface area (Å²) in [6.45, 7) is 5.31. The minimum absolute atomic E-state index is 0.202. The molecule has 1 aliphatic heterocycles. The maximum Gasteiger partial charge on any atom is 0.0702 e. The van der Waals surface area contributed by atoms with E-state index in [9.17, 15) is 0 Å². The van der Waals surface area contributed by atoms with Crippen LogP contribution in [0.3, 0.4) is 0 Å². The van der Waals surface area contributed by atoms with E-state index >= 15 is 0 Å². The highest BCUT2D eigenvalue weighted by Gasteiger charge is 2.39. The predicted octanol–water partition coefficient (Wildman–Crippen LogP) is 4.21. The molecule has 1 saturated heterocycles. The lowest BCUT2D eigenvalue weighted by Gasteiger charge is -2.39. The molecule has 1 spiro atoms. The molecule has 1 unspecified atom stereocenters. The third-order valence-electron chi connectivity index (χ3n) is 4.97. The zero-order chi connectivity index (χ0) is 13.3. The summed E-state index contributed by atoms with van der Waals surface area (Å²) in [5.74, 6) is 0. The zero-order valence-corrected chi connectivity index (χ0v) is 12.2. The number of rotatable bonds is 2. The first-order valence-electron chi connectivity index (χ1n) is 7.65. The second-order valence-corrected chi connectivity index (χ2v) is 6.32. The Morgan fingerprint density at radius 3 is 2.79 bits per heavy atom. The molecule has 1 aromatic rings. The van der Waals surface area contributed by atoms with Crippen LogP contribution in [0, 0.1) is 13.8 Å².